The van der Waals surface area contributed by atoms with Crippen molar-refractivity contribution in [3.63, 3.8) is 0 Å². The summed E-state index contributed by atoms with van der Waals surface area (Å²) in [5, 5.41) is 0. The molecule has 0 aromatic rings. The van der Waals surface area contributed by atoms with Crippen molar-refractivity contribution < 1.29 is 0 Å². The molecule has 0 nitrogen and oxygen atoms in total. The number of hydrogen-bond acceptors (Lipinski definition) is 0. The van der Waals surface area contributed by atoms with Crippen LogP contribution in [0.3, 0.4) is 0 Å². The van der Waals surface area contributed by atoms with Crippen molar-refractivity contribution >= 4 is 0 Å². The number of rotatable bonds is 0. The molecule has 107 heavy (non-hydrogen) atoms. The van der Waals surface area contributed by atoms with E-state index in [2.05, 4.69) is 332 Å². The molecule has 12 rings (SSSR count). The zero-order chi connectivity index (χ0) is 89.6. The third-order valence-electron chi connectivity index (χ3n) is 12.9. The fourth-order valence-electron chi connectivity index (χ4n) is 8.36. The van der Waals surface area contributed by atoms with Crippen LogP contribution in [-0.4, -0.2) is 0 Å². The minimum atomic E-state index is 0.500. The van der Waals surface area contributed by atoms with E-state index in [1.54, 1.807) is 128 Å². The van der Waals surface area contributed by atoms with Gasteiger partial charge in [-0.15, -0.1) is 0 Å². The van der Waals surface area contributed by atoms with E-state index in [9.17, 15) is 0 Å². The molecule has 0 radical (unpaired) electrons. The summed E-state index contributed by atoms with van der Waals surface area (Å²) in [5.41, 5.74) is 7.94. The molecular formula is C107H240. The van der Waals surface area contributed by atoms with Crippen LogP contribution >= 0.6 is 0 Å². The lowest BCUT2D eigenvalue weighted by Crippen LogP contribution is -2.28. The molecule has 0 aliphatic heterocycles. The second kappa shape index (κ2) is 70.2. The van der Waals surface area contributed by atoms with E-state index < -0.39 is 0 Å². The zero-order valence-electron chi connectivity index (χ0n) is 89.6. The first-order valence-electron chi connectivity index (χ1n) is 47.2. The molecule has 0 saturated heterocycles. The maximum absolute atomic E-state index is 2.19. The molecule has 2 atom stereocenters. The van der Waals surface area contributed by atoms with Crippen molar-refractivity contribution in [1.29, 1.82) is 0 Å². The number of hydrogen-bond donors (Lipinski definition) is 0. The van der Waals surface area contributed by atoms with Gasteiger partial charge in [-0.3, -0.25) is 0 Å². The van der Waals surface area contributed by atoms with Gasteiger partial charge >= 0.3 is 0 Å². The van der Waals surface area contributed by atoms with Crippen molar-refractivity contribution in [2.75, 3.05) is 0 Å². The molecule has 12 aliphatic carbocycles. The number of fused-ring (bicyclic) bond motifs is 5. The van der Waals surface area contributed by atoms with E-state index in [4.69, 9.17) is 0 Å². The average molecular weight is 1530 g/mol. The summed E-state index contributed by atoms with van der Waals surface area (Å²) < 4.78 is 0. The van der Waals surface area contributed by atoms with Crippen molar-refractivity contribution in [2.24, 2.45) is 111 Å². The van der Waals surface area contributed by atoms with E-state index in [-0.39, 0.29) is 0 Å². The Balaban J connectivity index is -0.0000000790. The molecule has 0 N–H and O–H groups in total. The summed E-state index contributed by atoms with van der Waals surface area (Å²) in [6.07, 6.45) is 41.9. The van der Waals surface area contributed by atoms with E-state index >= 15 is 0 Å². The average Bonchev–Trinajstić information content (AvgIpc) is 4.33. The minimum Gasteiger partial charge on any atom is -0.0683 e. The molecule has 12 saturated carbocycles. The van der Waals surface area contributed by atoms with Gasteiger partial charge in [0.2, 0.25) is 0 Å². The van der Waals surface area contributed by atoms with Crippen LogP contribution in [-0.2, 0) is 0 Å². The SMILES string of the molecule is C1CC2(C1)CC2.C1CC2(C1)CC2.C1CC2CC(C1)C2.C1CC2CC12.C1CC2CCC1C2.C1CCC1.CC.CC.CC.CC.CC.CC.CC(C)(C)C.CC(C)(C)C.CC(C)(C)C.CC(C)(C)C.CC(C)(C)C.CC(C)(C)C.CC(C)(C)C.CC(C)(C)C.CC(C)(C)C.CC(C)(C)C.CC(C)(C)C.CC(C)(C)C. The lowest BCUT2D eigenvalue weighted by Gasteiger charge is -2.40. The summed E-state index contributed by atoms with van der Waals surface area (Å²) >= 11 is 0. The largest absolute Gasteiger partial charge is 0.0683 e. The Morgan fingerprint density at radius 1 is 0.140 bits per heavy atom. The molecule has 0 amide bonds. The van der Waals surface area contributed by atoms with E-state index in [1.165, 1.54) is 80.5 Å². The lowest BCUT2D eigenvalue weighted by molar-refractivity contribution is 0.116. The van der Waals surface area contributed by atoms with Crippen LogP contribution in [0.15, 0.2) is 0 Å². The van der Waals surface area contributed by atoms with E-state index in [1.807, 2.05) is 83.1 Å². The topological polar surface area (TPSA) is 0 Å². The second-order valence-electron chi connectivity index (χ2n) is 51.7. The molecule has 4 bridgehead atoms. The van der Waals surface area contributed by atoms with Crippen LogP contribution in [0.1, 0.15) is 589 Å². The first-order valence-corrected chi connectivity index (χ1v) is 47.2. The highest BCUT2D eigenvalue weighted by Crippen LogP contribution is 2.61. The summed E-state index contributed by atoms with van der Waals surface area (Å²) in [7, 11) is 0. The fourth-order valence-corrected chi connectivity index (χ4v) is 8.36. The van der Waals surface area contributed by atoms with Crippen molar-refractivity contribution in [3.05, 3.63) is 0 Å². The van der Waals surface area contributed by atoms with Gasteiger partial charge in [-0.05, 0) is 201 Å². The van der Waals surface area contributed by atoms with Gasteiger partial charge in [-0.25, -0.2) is 0 Å². The predicted molar refractivity (Wildman–Crippen MR) is 520 cm³/mol. The molecule has 668 valence electrons. The molecule has 0 aromatic heterocycles. The Morgan fingerprint density at radius 2 is 0.271 bits per heavy atom. The van der Waals surface area contributed by atoms with Crippen LogP contribution < -0.4 is 0 Å². The molecule has 12 fully saturated rings. The zero-order valence-corrected chi connectivity index (χ0v) is 89.6. The molecular weight excluding hydrogens is 1290 g/mol. The Labute approximate surface area is 695 Å². The van der Waals surface area contributed by atoms with Crippen LogP contribution in [0.2, 0.25) is 0 Å². The highest BCUT2D eigenvalue weighted by Gasteiger charge is 2.48. The highest BCUT2D eigenvalue weighted by atomic mass is 14.5. The molecule has 2 spiro atoms. The fraction of sp³-hybridized carbons (Fsp3) is 1.00. The van der Waals surface area contributed by atoms with Gasteiger partial charge in [0.1, 0.15) is 0 Å². The third kappa shape index (κ3) is 241. The van der Waals surface area contributed by atoms with Gasteiger partial charge in [0.25, 0.3) is 0 Å². The molecule has 0 heteroatoms. The first kappa shape index (κ1) is 136. The van der Waals surface area contributed by atoms with Crippen LogP contribution in [0.25, 0.3) is 0 Å². The second-order valence-corrected chi connectivity index (χ2v) is 51.7. The van der Waals surface area contributed by atoms with Gasteiger partial charge in [0.05, 0.1) is 0 Å². The first-order chi connectivity index (χ1) is 47.2. The Bertz CT molecular complexity index is 1260. The molecule has 2 unspecified atom stereocenters. The quantitative estimate of drug-likeness (QED) is 0.227. The normalized spacial score (nSPS) is 21.0. The Kier molecular flexibility index (Phi) is 89.3. The minimum absolute atomic E-state index is 0.500. The maximum Gasteiger partial charge on any atom is -0.0297 e. The van der Waals surface area contributed by atoms with Crippen LogP contribution in [0.5, 0.6) is 0 Å². The standard InChI is InChI=1S/2C7H12.2C6H10.C5H8.12C5H12.C4H8.6C2H6/c1-2-7-4-3-6(1)5-7;1-2-6-4-7(3-1)5-6;2*1-2-6(3-1)4-5-6;1-2-5-3-4(1)5;12*1-5(2,3)4;1-2-4-3-1;6*1-2/h2*6-7H,1-5H2;2*1-5H2;4-5H,1-3H2;12*1-4H3;1-4H2;6*1-2H3. The van der Waals surface area contributed by atoms with E-state index in [0.29, 0.717) is 65.0 Å². The van der Waals surface area contributed by atoms with Gasteiger partial charge in [-0.1, -0.05) is 499 Å². The third-order valence-corrected chi connectivity index (χ3v) is 12.9. The van der Waals surface area contributed by atoms with Gasteiger partial charge < -0.3 is 0 Å². The monoisotopic (exact) mass is 1530 g/mol. The smallest absolute Gasteiger partial charge is 0.0297 e. The molecule has 12 aliphatic rings. The highest BCUT2D eigenvalue weighted by molar-refractivity contribution is 4.99. The predicted octanol–water partition coefficient (Wildman–Crippen LogP) is 42.1. The molecule has 0 heterocycles. The van der Waals surface area contributed by atoms with Gasteiger partial charge in [0, 0.05) is 0 Å². The Morgan fingerprint density at radius 3 is 0.290 bits per heavy atom. The van der Waals surface area contributed by atoms with Gasteiger partial charge in [0.15, 0.2) is 0 Å². The van der Waals surface area contributed by atoms with Crippen molar-refractivity contribution in [1.82, 2.24) is 0 Å². The Hall–Kier alpha value is 0. The van der Waals surface area contributed by atoms with Crippen molar-refractivity contribution in [2.45, 2.75) is 589 Å². The summed E-state index contributed by atoms with van der Waals surface area (Å²) in [5.74, 6) is 7.16. The lowest BCUT2D eigenvalue weighted by atomic mass is 9.65. The van der Waals surface area contributed by atoms with Crippen LogP contribution in [0.4, 0.5) is 0 Å². The van der Waals surface area contributed by atoms with E-state index in [0.717, 1.165) is 10.8 Å². The summed E-state index contributed by atoms with van der Waals surface area (Å²) in [6, 6.07) is 0. The molecule has 0 aromatic carbocycles. The summed E-state index contributed by atoms with van der Waals surface area (Å²) in [4.78, 5) is 0. The maximum atomic E-state index is 2.19. The van der Waals surface area contributed by atoms with Crippen molar-refractivity contribution in [3.8, 4) is 0 Å². The van der Waals surface area contributed by atoms with Crippen LogP contribution in [0, 0.1) is 111 Å². The summed E-state index contributed by atoms with van der Waals surface area (Å²) in [6.45, 7) is 129. The van der Waals surface area contributed by atoms with Gasteiger partial charge in [-0.2, -0.15) is 0 Å².